The molecule has 2 bridgehead atoms. The van der Waals surface area contributed by atoms with Crippen LogP contribution in [-0.4, -0.2) is 42.8 Å². The van der Waals surface area contributed by atoms with Gasteiger partial charge in [0.25, 0.3) is 5.69 Å². The molecule has 2 heterocycles. The van der Waals surface area contributed by atoms with E-state index in [1.807, 2.05) is 0 Å². The lowest BCUT2D eigenvalue weighted by Gasteiger charge is -2.23. The minimum absolute atomic E-state index is 0. The molecule has 9 heteroatoms. The molecule has 7 nitrogen and oxygen atoms in total. The monoisotopic (exact) mass is 347 g/mol. The second-order valence-corrected chi connectivity index (χ2v) is 7.48. The Balaban J connectivity index is 0.00000176. The molecule has 2 atom stereocenters. The van der Waals surface area contributed by atoms with Crippen LogP contribution in [0, 0.1) is 10.1 Å². The highest BCUT2D eigenvalue weighted by Crippen LogP contribution is 2.25. The van der Waals surface area contributed by atoms with Crippen LogP contribution in [0.3, 0.4) is 0 Å². The maximum Gasteiger partial charge on any atom is 0.269 e. The minimum Gasteiger partial charge on any atom is -0.310 e. The number of nitro groups is 1. The molecule has 2 unspecified atom stereocenters. The maximum atomic E-state index is 12.6. The van der Waals surface area contributed by atoms with E-state index in [0.29, 0.717) is 19.1 Å². The molecule has 0 aromatic heterocycles. The van der Waals surface area contributed by atoms with Crippen molar-refractivity contribution in [3.05, 3.63) is 34.4 Å². The van der Waals surface area contributed by atoms with Gasteiger partial charge < -0.3 is 5.32 Å². The topological polar surface area (TPSA) is 92.5 Å². The van der Waals surface area contributed by atoms with Gasteiger partial charge in [-0.2, -0.15) is 4.31 Å². The molecule has 2 saturated heterocycles. The number of rotatable bonds is 3. The van der Waals surface area contributed by atoms with Crippen molar-refractivity contribution in [2.45, 2.75) is 36.2 Å². The van der Waals surface area contributed by atoms with E-state index in [0.717, 1.165) is 19.3 Å². The number of nitro benzene ring substituents is 1. The van der Waals surface area contributed by atoms with Crippen LogP contribution in [0.4, 0.5) is 5.69 Å². The molecule has 2 fully saturated rings. The van der Waals surface area contributed by atoms with Gasteiger partial charge in [0.15, 0.2) is 0 Å². The first-order chi connectivity index (χ1) is 9.96. The Labute approximate surface area is 135 Å². The smallest absolute Gasteiger partial charge is 0.269 e. The van der Waals surface area contributed by atoms with E-state index in [4.69, 9.17) is 0 Å². The summed E-state index contributed by atoms with van der Waals surface area (Å²) in [6.07, 6.45) is 2.91. The lowest BCUT2D eigenvalue weighted by atomic mass is 10.1. The van der Waals surface area contributed by atoms with Crippen LogP contribution in [0.25, 0.3) is 0 Å². The van der Waals surface area contributed by atoms with Gasteiger partial charge in [-0.25, -0.2) is 8.42 Å². The van der Waals surface area contributed by atoms with Gasteiger partial charge in [0, 0.05) is 37.3 Å². The fourth-order valence-corrected chi connectivity index (χ4v) is 4.52. The number of halogens is 1. The molecule has 0 saturated carbocycles. The van der Waals surface area contributed by atoms with E-state index >= 15 is 0 Å². The lowest BCUT2D eigenvalue weighted by molar-refractivity contribution is -0.384. The highest BCUT2D eigenvalue weighted by Gasteiger charge is 2.34. The predicted octanol–water partition coefficient (Wildman–Crippen LogP) is 1.53. The molecule has 1 aromatic rings. The van der Waals surface area contributed by atoms with Crippen molar-refractivity contribution in [1.82, 2.24) is 9.62 Å². The average molecular weight is 348 g/mol. The third-order valence-corrected chi connectivity index (χ3v) is 6.05. The zero-order valence-corrected chi connectivity index (χ0v) is 13.5. The van der Waals surface area contributed by atoms with E-state index in [-0.39, 0.29) is 29.0 Å². The van der Waals surface area contributed by atoms with Gasteiger partial charge in [0.1, 0.15) is 0 Å². The Kier molecular flexibility index (Phi) is 5.06. The van der Waals surface area contributed by atoms with E-state index in [1.54, 1.807) is 0 Å². The zero-order valence-electron chi connectivity index (χ0n) is 11.8. The molecule has 122 valence electrons. The summed E-state index contributed by atoms with van der Waals surface area (Å²) in [4.78, 5) is 10.2. The first-order valence-corrected chi connectivity index (χ1v) is 8.41. The second-order valence-electron chi connectivity index (χ2n) is 5.54. The van der Waals surface area contributed by atoms with Crippen molar-refractivity contribution < 1.29 is 13.3 Å². The molecule has 2 aliphatic heterocycles. The summed E-state index contributed by atoms with van der Waals surface area (Å²) in [5.41, 5.74) is -0.106. The van der Waals surface area contributed by atoms with Crippen LogP contribution in [0.5, 0.6) is 0 Å². The van der Waals surface area contributed by atoms with Crippen molar-refractivity contribution in [2.75, 3.05) is 13.1 Å². The van der Waals surface area contributed by atoms with Gasteiger partial charge >= 0.3 is 0 Å². The summed E-state index contributed by atoms with van der Waals surface area (Å²) in [7, 11) is -3.58. The van der Waals surface area contributed by atoms with Gasteiger partial charge in [-0.15, -0.1) is 12.4 Å². The SMILES string of the molecule is Cl.O=[N+]([O-])c1ccc(S(=O)(=O)N2CCC3CCC(C2)N3)cc1. The van der Waals surface area contributed by atoms with Gasteiger partial charge in [-0.1, -0.05) is 0 Å². The first-order valence-electron chi connectivity index (χ1n) is 6.97. The summed E-state index contributed by atoms with van der Waals surface area (Å²) in [6, 6.07) is 5.70. The number of hydrogen-bond donors (Lipinski definition) is 1. The molecule has 1 N–H and O–H groups in total. The predicted molar refractivity (Wildman–Crippen MR) is 83.7 cm³/mol. The van der Waals surface area contributed by atoms with E-state index in [1.165, 1.54) is 28.6 Å². The summed E-state index contributed by atoms with van der Waals surface area (Å²) in [5, 5.41) is 14.1. The average Bonchev–Trinajstić information content (AvgIpc) is 2.77. The Morgan fingerprint density at radius 1 is 1.14 bits per heavy atom. The molecule has 22 heavy (non-hydrogen) atoms. The van der Waals surface area contributed by atoms with Crippen LogP contribution >= 0.6 is 12.4 Å². The molecule has 0 aliphatic carbocycles. The fraction of sp³-hybridized carbons (Fsp3) is 0.538. The third kappa shape index (κ3) is 3.24. The van der Waals surface area contributed by atoms with Crippen LogP contribution < -0.4 is 5.32 Å². The number of hydrogen-bond acceptors (Lipinski definition) is 5. The first kappa shape index (κ1) is 17.1. The van der Waals surface area contributed by atoms with Crippen LogP contribution in [0.2, 0.25) is 0 Å². The highest BCUT2D eigenvalue weighted by molar-refractivity contribution is 7.89. The summed E-state index contributed by atoms with van der Waals surface area (Å²) >= 11 is 0. The Morgan fingerprint density at radius 2 is 1.77 bits per heavy atom. The van der Waals surface area contributed by atoms with E-state index in [2.05, 4.69) is 5.32 Å². The largest absolute Gasteiger partial charge is 0.310 e. The van der Waals surface area contributed by atoms with Crippen LogP contribution in [-0.2, 0) is 10.0 Å². The van der Waals surface area contributed by atoms with Gasteiger partial charge in [-0.3, -0.25) is 10.1 Å². The molecule has 2 aliphatic rings. The van der Waals surface area contributed by atoms with Crippen LogP contribution in [0.1, 0.15) is 19.3 Å². The van der Waals surface area contributed by atoms with Crippen molar-refractivity contribution in [1.29, 1.82) is 0 Å². The van der Waals surface area contributed by atoms with Crippen molar-refractivity contribution in [3.63, 3.8) is 0 Å². The fourth-order valence-electron chi connectivity index (χ4n) is 3.02. The third-order valence-electron chi connectivity index (χ3n) is 4.17. The molecule has 0 radical (unpaired) electrons. The normalized spacial score (nSPS) is 25.3. The Bertz CT molecular complexity index is 650. The summed E-state index contributed by atoms with van der Waals surface area (Å²) in [6.45, 7) is 0.962. The summed E-state index contributed by atoms with van der Waals surface area (Å²) < 4.78 is 26.7. The van der Waals surface area contributed by atoms with E-state index < -0.39 is 14.9 Å². The number of benzene rings is 1. The number of fused-ring (bicyclic) bond motifs is 2. The minimum atomic E-state index is -3.58. The molecule has 0 amide bonds. The van der Waals surface area contributed by atoms with Crippen molar-refractivity contribution in [2.24, 2.45) is 0 Å². The van der Waals surface area contributed by atoms with Crippen LogP contribution in [0.15, 0.2) is 29.2 Å². The van der Waals surface area contributed by atoms with Gasteiger partial charge in [0.05, 0.1) is 9.82 Å². The molecular weight excluding hydrogens is 330 g/mol. The molecule has 0 spiro atoms. The standard InChI is InChI=1S/C13H17N3O4S.ClH/c17-16(18)12-3-5-13(6-4-12)21(19,20)15-8-7-10-1-2-11(9-15)14-10;/h3-6,10-11,14H,1-2,7-9H2;1H. The van der Waals surface area contributed by atoms with Crippen molar-refractivity contribution >= 4 is 28.1 Å². The number of nitrogens with one attached hydrogen (secondary N) is 1. The number of non-ortho nitro benzene ring substituents is 1. The lowest BCUT2D eigenvalue weighted by Crippen LogP contribution is -2.39. The maximum absolute atomic E-state index is 12.6. The second kappa shape index (κ2) is 6.49. The number of nitrogens with zero attached hydrogens (tertiary/aromatic N) is 2. The highest BCUT2D eigenvalue weighted by atomic mass is 35.5. The molecule has 1 aromatic carbocycles. The number of sulfonamides is 1. The Hall–Kier alpha value is -1.22. The quantitative estimate of drug-likeness (QED) is 0.661. The molecular formula is C13H18ClN3O4S. The zero-order chi connectivity index (χ0) is 15.0. The molecule has 3 rings (SSSR count). The summed E-state index contributed by atoms with van der Waals surface area (Å²) in [5.74, 6) is 0. The van der Waals surface area contributed by atoms with Gasteiger partial charge in [-0.05, 0) is 31.4 Å². The van der Waals surface area contributed by atoms with Gasteiger partial charge in [0.2, 0.25) is 10.0 Å². The van der Waals surface area contributed by atoms with E-state index in [9.17, 15) is 18.5 Å². The van der Waals surface area contributed by atoms with Crippen molar-refractivity contribution in [3.8, 4) is 0 Å². The Morgan fingerprint density at radius 3 is 2.41 bits per heavy atom.